The van der Waals surface area contributed by atoms with Crippen molar-refractivity contribution in [1.82, 2.24) is 9.29 Å². The van der Waals surface area contributed by atoms with Crippen molar-refractivity contribution in [1.29, 1.82) is 0 Å². The average Bonchev–Trinajstić information content (AvgIpc) is 2.98. The van der Waals surface area contributed by atoms with Gasteiger partial charge >= 0.3 is 5.97 Å². The van der Waals surface area contributed by atoms with Crippen LogP contribution in [0.5, 0.6) is 0 Å². The molecular formula is C13H15FN2O4S. The van der Waals surface area contributed by atoms with Crippen molar-refractivity contribution in [2.75, 3.05) is 6.54 Å². The highest BCUT2D eigenvalue weighted by Gasteiger charge is 2.53. The molecule has 1 aliphatic heterocycles. The van der Waals surface area contributed by atoms with E-state index in [1.807, 2.05) is 0 Å². The Morgan fingerprint density at radius 2 is 2.19 bits per heavy atom. The van der Waals surface area contributed by atoms with Crippen LogP contribution in [0.25, 0.3) is 0 Å². The van der Waals surface area contributed by atoms with Crippen LogP contribution in [-0.4, -0.2) is 41.4 Å². The number of carboxylic acid groups (broad SMARTS) is 1. The number of hydrogen-bond donors (Lipinski definition) is 1. The molecule has 0 spiro atoms. The Hall–Kier alpha value is -1.54. The number of carboxylic acids is 1. The van der Waals surface area contributed by atoms with Gasteiger partial charge in [0.15, 0.2) is 5.82 Å². The van der Waals surface area contributed by atoms with Crippen LogP contribution in [-0.2, 0) is 14.8 Å². The van der Waals surface area contributed by atoms with Crippen molar-refractivity contribution < 1.29 is 22.7 Å². The number of fused-ring (bicyclic) bond motifs is 1. The van der Waals surface area contributed by atoms with Gasteiger partial charge in [0.25, 0.3) is 10.0 Å². The van der Waals surface area contributed by atoms with Gasteiger partial charge in [-0.3, -0.25) is 4.79 Å². The Bertz CT molecular complexity index is 679. The van der Waals surface area contributed by atoms with Gasteiger partial charge in [0, 0.05) is 12.7 Å². The molecule has 1 aliphatic carbocycles. The molecule has 1 saturated carbocycles. The van der Waals surface area contributed by atoms with E-state index >= 15 is 0 Å². The van der Waals surface area contributed by atoms with Crippen molar-refractivity contribution in [3.05, 3.63) is 24.1 Å². The molecule has 3 unspecified atom stereocenters. The predicted octanol–water partition coefficient (Wildman–Crippen LogP) is 1.09. The van der Waals surface area contributed by atoms with Crippen LogP contribution in [0.4, 0.5) is 4.39 Å². The van der Waals surface area contributed by atoms with Crippen molar-refractivity contribution in [2.24, 2.45) is 11.8 Å². The first-order valence-electron chi connectivity index (χ1n) is 6.78. The average molecular weight is 314 g/mol. The first-order chi connectivity index (χ1) is 9.93. The van der Waals surface area contributed by atoms with Gasteiger partial charge in [0.1, 0.15) is 6.04 Å². The number of hydrogen-bond acceptors (Lipinski definition) is 4. The topological polar surface area (TPSA) is 87.6 Å². The molecule has 1 N–H and O–H groups in total. The minimum absolute atomic E-state index is 0.0349. The van der Waals surface area contributed by atoms with Gasteiger partial charge in [-0.25, -0.2) is 17.8 Å². The van der Waals surface area contributed by atoms with Crippen molar-refractivity contribution in [3.8, 4) is 0 Å². The number of aliphatic carboxylic acids is 1. The summed E-state index contributed by atoms with van der Waals surface area (Å²) in [6.45, 7) is 0.125. The van der Waals surface area contributed by atoms with Crippen molar-refractivity contribution in [3.63, 3.8) is 0 Å². The van der Waals surface area contributed by atoms with Gasteiger partial charge in [-0.1, -0.05) is 6.42 Å². The quantitative estimate of drug-likeness (QED) is 0.902. The molecule has 1 aromatic heterocycles. The van der Waals surface area contributed by atoms with Crippen LogP contribution < -0.4 is 0 Å². The van der Waals surface area contributed by atoms with Gasteiger partial charge in [-0.05, 0) is 36.8 Å². The van der Waals surface area contributed by atoms with Crippen molar-refractivity contribution >= 4 is 16.0 Å². The Morgan fingerprint density at radius 3 is 2.86 bits per heavy atom. The standard InChI is InChI=1S/C13H15FN2O4S/c14-10-5-2-6-15-12(10)21(19,20)16-7-8-3-1-4-9(8)11(16)13(17)18/h2,5-6,8-9,11H,1,3-4,7H2,(H,17,18). The number of nitrogens with zero attached hydrogens (tertiary/aromatic N) is 2. The zero-order chi connectivity index (χ0) is 15.2. The van der Waals surface area contributed by atoms with E-state index in [2.05, 4.69) is 4.98 Å². The summed E-state index contributed by atoms with van der Waals surface area (Å²) in [5.41, 5.74) is 0. The van der Waals surface area contributed by atoms with E-state index in [0.29, 0.717) is 6.42 Å². The molecule has 0 aromatic carbocycles. The summed E-state index contributed by atoms with van der Waals surface area (Å²) >= 11 is 0. The monoisotopic (exact) mass is 314 g/mol. The van der Waals surface area contributed by atoms with E-state index in [1.54, 1.807) is 0 Å². The number of rotatable bonds is 3. The fourth-order valence-corrected chi connectivity index (χ4v) is 5.16. The molecule has 6 nitrogen and oxygen atoms in total. The van der Waals surface area contributed by atoms with E-state index in [9.17, 15) is 22.7 Å². The van der Waals surface area contributed by atoms with E-state index in [0.717, 1.165) is 23.2 Å². The molecule has 114 valence electrons. The van der Waals surface area contributed by atoms with Crippen LogP contribution in [0.1, 0.15) is 19.3 Å². The van der Waals surface area contributed by atoms with E-state index < -0.39 is 32.9 Å². The zero-order valence-electron chi connectivity index (χ0n) is 11.1. The van der Waals surface area contributed by atoms with Gasteiger partial charge in [0.2, 0.25) is 5.03 Å². The summed E-state index contributed by atoms with van der Waals surface area (Å²) in [5.74, 6) is -2.29. The highest BCUT2D eigenvalue weighted by molar-refractivity contribution is 7.89. The minimum Gasteiger partial charge on any atom is -0.480 e. The first kappa shape index (κ1) is 14.4. The summed E-state index contributed by atoms with van der Waals surface area (Å²) in [7, 11) is -4.24. The summed E-state index contributed by atoms with van der Waals surface area (Å²) in [6, 6.07) is 1.18. The van der Waals surface area contributed by atoms with E-state index in [-0.39, 0.29) is 18.4 Å². The van der Waals surface area contributed by atoms with Crippen LogP contribution in [0.2, 0.25) is 0 Å². The van der Waals surface area contributed by atoms with Crippen molar-refractivity contribution in [2.45, 2.75) is 30.3 Å². The van der Waals surface area contributed by atoms with Crippen LogP contribution in [0, 0.1) is 17.7 Å². The maximum absolute atomic E-state index is 13.7. The van der Waals surface area contributed by atoms with Gasteiger partial charge in [-0.15, -0.1) is 0 Å². The maximum atomic E-state index is 13.7. The first-order valence-corrected chi connectivity index (χ1v) is 8.22. The molecule has 0 amide bonds. The highest BCUT2D eigenvalue weighted by atomic mass is 32.2. The lowest BCUT2D eigenvalue weighted by atomic mass is 9.94. The lowest BCUT2D eigenvalue weighted by molar-refractivity contribution is -0.142. The second-order valence-corrected chi connectivity index (χ2v) is 7.31. The van der Waals surface area contributed by atoms with Gasteiger partial charge < -0.3 is 5.11 Å². The second kappa shape index (κ2) is 5.03. The molecule has 0 radical (unpaired) electrons. The molecule has 8 heteroatoms. The third kappa shape index (κ3) is 2.22. The number of halogens is 1. The normalized spacial score (nSPS) is 29.5. The maximum Gasteiger partial charge on any atom is 0.322 e. The SMILES string of the molecule is O=C(O)C1C2CCCC2CN1S(=O)(=O)c1ncccc1F. The van der Waals surface area contributed by atoms with E-state index in [4.69, 9.17) is 0 Å². The summed E-state index contributed by atoms with van der Waals surface area (Å²) in [5, 5.41) is 8.69. The molecule has 3 rings (SSSR count). The minimum atomic E-state index is -4.24. The second-order valence-electron chi connectivity index (χ2n) is 5.50. The highest BCUT2D eigenvalue weighted by Crippen LogP contribution is 2.44. The molecular weight excluding hydrogens is 299 g/mol. The molecule has 2 fully saturated rings. The molecule has 3 atom stereocenters. The molecule has 2 heterocycles. The molecule has 21 heavy (non-hydrogen) atoms. The summed E-state index contributed by atoms with van der Waals surface area (Å²) in [4.78, 5) is 15.1. The Morgan fingerprint density at radius 1 is 1.43 bits per heavy atom. The van der Waals surface area contributed by atoms with Gasteiger partial charge in [-0.2, -0.15) is 4.31 Å². The zero-order valence-corrected chi connectivity index (χ0v) is 12.0. The van der Waals surface area contributed by atoms with E-state index in [1.165, 1.54) is 12.3 Å². The molecule has 1 saturated heterocycles. The third-order valence-corrected chi connectivity index (χ3v) is 6.16. The summed E-state index contributed by atoms with van der Waals surface area (Å²) < 4.78 is 39.8. The predicted molar refractivity (Wildman–Crippen MR) is 70.3 cm³/mol. The molecule has 0 bridgehead atoms. The fraction of sp³-hybridized carbons (Fsp3) is 0.538. The Kier molecular flexibility index (Phi) is 3.45. The number of aromatic nitrogens is 1. The number of pyridine rings is 1. The van der Waals surface area contributed by atoms with Gasteiger partial charge in [0.05, 0.1) is 0 Å². The third-order valence-electron chi connectivity index (χ3n) is 4.38. The van der Waals surface area contributed by atoms with Crippen LogP contribution >= 0.6 is 0 Å². The lowest BCUT2D eigenvalue weighted by Gasteiger charge is -2.23. The smallest absolute Gasteiger partial charge is 0.322 e. The number of sulfonamides is 1. The molecule has 1 aromatic rings. The Labute approximate surface area is 121 Å². The number of carbonyl (C=O) groups is 1. The van der Waals surface area contributed by atoms with Crippen LogP contribution in [0.3, 0.4) is 0 Å². The molecule has 2 aliphatic rings. The summed E-state index contributed by atoms with van der Waals surface area (Å²) in [6.07, 6.45) is 3.59. The lowest BCUT2D eigenvalue weighted by Crippen LogP contribution is -2.43. The Balaban J connectivity index is 2.03. The fourth-order valence-electron chi connectivity index (χ4n) is 3.49. The largest absolute Gasteiger partial charge is 0.480 e. The van der Waals surface area contributed by atoms with Crippen LogP contribution in [0.15, 0.2) is 23.4 Å².